The zero-order chi connectivity index (χ0) is 22.7. The SMILES string of the molecule is CCOC(=O)/C=C1\CCC(C(=O)OC(C)(C)C)=C2CCCC2=C1C(=O)OC(C)(C)C. The first kappa shape index (κ1) is 23.9. The van der Waals surface area contributed by atoms with Crippen molar-refractivity contribution in [1.29, 1.82) is 0 Å². The molecule has 1 fully saturated rings. The molecule has 30 heavy (non-hydrogen) atoms. The molecule has 2 aliphatic carbocycles. The van der Waals surface area contributed by atoms with E-state index in [-0.39, 0.29) is 12.6 Å². The van der Waals surface area contributed by atoms with Crippen molar-refractivity contribution >= 4 is 17.9 Å². The molecule has 0 heterocycles. The Morgan fingerprint density at radius 1 is 0.833 bits per heavy atom. The van der Waals surface area contributed by atoms with Crippen LogP contribution in [-0.4, -0.2) is 35.7 Å². The first-order valence-corrected chi connectivity index (χ1v) is 10.6. The van der Waals surface area contributed by atoms with Gasteiger partial charge in [0.15, 0.2) is 0 Å². The normalized spacial score (nSPS) is 18.8. The number of hydrogen-bond donors (Lipinski definition) is 0. The van der Waals surface area contributed by atoms with Crippen LogP contribution in [0, 0.1) is 0 Å². The summed E-state index contributed by atoms with van der Waals surface area (Å²) < 4.78 is 16.4. The molecule has 0 aromatic rings. The third kappa shape index (κ3) is 6.31. The minimum absolute atomic E-state index is 0.244. The molecule has 0 amide bonds. The summed E-state index contributed by atoms with van der Waals surface area (Å²) in [6.45, 7) is 12.9. The third-order valence-corrected chi connectivity index (χ3v) is 4.68. The Morgan fingerprint density at radius 3 is 1.97 bits per heavy atom. The summed E-state index contributed by atoms with van der Waals surface area (Å²) in [6, 6.07) is 0. The van der Waals surface area contributed by atoms with E-state index in [0.29, 0.717) is 42.4 Å². The molecule has 6 heteroatoms. The predicted octanol–water partition coefficient (Wildman–Crippen LogP) is 4.73. The molecule has 6 nitrogen and oxygen atoms in total. The molecule has 0 aromatic carbocycles. The molecule has 0 unspecified atom stereocenters. The molecule has 0 aromatic heterocycles. The van der Waals surface area contributed by atoms with Gasteiger partial charge in [0.05, 0.1) is 12.2 Å². The van der Waals surface area contributed by atoms with Crippen LogP contribution in [0.2, 0.25) is 0 Å². The number of rotatable bonds is 4. The lowest BCUT2D eigenvalue weighted by atomic mass is 9.96. The summed E-state index contributed by atoms with van der Waals surface area (Å²) in [4.78, 5) is 38.3. The topological polar surface area (TPSA) is 78.9 Å². The molecule has 0 N–H and O–H groups in total. The summed E-state index contributed by atoms with van der Waals surface area (Å²) in [5.74, 6) is -1.34. The number of esters is 3. The van der Waals surface area contributed by atoms with Crippen molar-refractivity contribution in [1.82, 2.24) is 0 Å². The Morgan fingerprint density at radius 2 is 1.40 bits per heavy atom. The Kier molecular flexibility index (Phi) is 7.32. The van der Waals surface area contributed by atoms with E-state index in [2.05, 4.69) is 0 Å². The van der Waals surface area contributed by atoms with Gasteiger partial charge in [0.2, 0.25) is 0 Å². The van der Waals surface area contributed by atoms with E-state index in [0.717, 1.165) is 17.6 Å². The fraction of sp³-hybridized carbons (Fsp3) is 0.625. The zero-order valence-corrected chi connectivity index (χ0v) is 19.3. The standard InChI is InChI=1S/C24H34O6/c1-8-28-19(25)14-15-12-13-18(21(26)29-23(2,3)4)16-10-9-11-17(16)20(15)22(27)30-24(5,6)7/h14H,8-13H2,1-7H3/b15-14+. The van der Waals surface area contributed by atoms with Crippen LogP contribution in [0.4, 0.5) is 0 Å². The Balaban J connectivity index is 2.59. The number of allylic oxidation sites excluding steroid dienone is 2. The zero-order valence-electron chi connectivity index (χ0n) is 19.3. The second kappa shape index (κ2) is 9.19. The van der Waals surface area contributed by atoms with Gasteiger partial charge in [-0.3, -0.25) is 0 Å². The highest BCUT2D eigenvalue weighted by atomic mass is 16.6. The fourth-order valence-electron chi connectivity index (χ4n) is 3.70. The van der Waals surface area contributed by atoms with Gasteiger partial charge in [-0.25, -0.2) is 14.4 Å². The first-order valence-electron chi connectivity index (χ1n) is 10.6. The summed E-state index contributed by atoms with van der Waals surface area (Å²) in [7, 11) is 0. The summed E-state index contributed by atoms with van der Waals surface area (Å²) in [5.41, 5.74) is 1.89. The maximum absolute atomic E-state index is 13.2. The van der Waals surface area contributed by atoms with Crippen molar-refractivity contribution in [2.24, 2.45) is 0 Å². The van der Waals surface area contributed by atoms with E-state index in [4.69, 9.17) is 14.2 Å². The average Bonchev–Trinajstić information content (AvgIpc) is 2.95. The van der Waals surface area contributed by atoms with Gasteiger partial charge in [-0.15, -0.1) is 0 Å². The van der Waals surface area contributed by atoms with Gasteiger partial charge in [0.25, 0.3) is 0 Å². The van der Waals surface area contributed by atoms with E-state index < -0.39 is 23.1 Å². The number of ether oxygens (including phenoxy) is 3. The summed E-state index contributed by atoms with van der Waals surface area (Å²) in [5, 5.41) is 0. The first-order chi connectivity index (χ1) is 13.8. The monoisotopic (exact) mass is 418 g/mol. The van der Waals surface area contributed by atoms with E-state index in [1.165, 1.54) is 6.08 Å². The van der Waals surface area contributed by atoms with Gasteiger partial charge >= 0.3 is 17.9 Å². The predicted molar refractivity (Wildman–Crippen MR) is 114 cm³/mol. The second-order valence-corrected chi connectivity index (χ2v) is 9.59. The Bertz CT molecular complexity index is 812. The van der Waals surface area contributed by atoms with Crippen LogP contribution in [0.25, 0.3) is 0 Å². The van der Waals surface area contributed by atoms with Crippen molar-refractivity contribution in [3.8, 4) is 0 Å². The molecule has 2 rings (SSSR count). The van der Waals surface area contributed by atoms with Crippen LogP contribution >= 0.6 is 0 Å². The van der Waals surface area contributed by atoms with Crippen LogP contribution in [0.5, 0.6) is 0 Å². The number of carbonyl (C=O) groups is 3. The quantitative estimate of drug-likeness (QED) is 0.373. The highest BCUT2D eigenvalue weighted by molar-refractivity contribution is 6.00. The van der Waals surface area contributed by atoms with E-state index >= 15 is 0 Å². The molecule has 0 bridgehead atoms. The molecule has 0 atom stereocenters. The molecule has 166 valence electrons. The molecule has 1 saturated carbocycles. The van der Waals surface area contributed by atoms with Gasteiger partial charge in [-0.05, 0) is 97.3 Å². The van der Waals surface area contributed by atoms with Gasteiger partial charge < -0.3 is 14.2 Å². The number of fused-ring (bicyclic) bond motifs is 1. The number of carbonyl (C=O) groups excluding carboxylic acids is 3. The van der Waals surface area contributed by atoms with Crippen LogP contribution in [0.1, 0.15) is 80.6 Å². The van der Waals surface area contributed by atoms with Crippen LogP contribution < -0.4 is 0 Å². The smallest absolute Gasteiger partial charge is 0.339 e. The van der Waals surface area contributed by atoms with Gasteiger partial charge in [-0.1, -0.05) is 0 Å². The minimum atomic E-state index is -0.678. The fourth-order valence-corrected chi connectivity index (χ4v) is 3.70. The van der Waals surface area contributed by atoms with Crippen LogP contribution in [-0.2, 0) is 28.6 Å². The van der Waals surface area contributed by atoms with Crippen molar-refractivity contribution in [3.63, 3.8) is 0 Å². The van der Waals surface area contributed by atoms with E-state index in [1.54, 1.807) is 27.7 Å². The molecule has 0 radical (unpaired) electrons. The average molecular weight is 419 g/mol. The van der Waals surface area contributed by atoms with E-state index in [9.17, 15) is 14.4 Å². The van der Waals surface area contributed by atoms with Crippen LogP contribution in [0.3, 0.4) is 0 Å². The van der Waals surface area contributed by atoms with Crippen molar-refractivity contribution in [2.45, 2.75) is 91.8 Å². The Labute approximate surface area is 179 Å². The molecule has 0 spiro atoms. The maximum Gasteiger partial charge on any atom is 0.339 e. The molecule has 0 aliphatic heterocycles. The number of hydrogen-bond acceptors (Lipinski definition) is 6. The maximum atomic E-state index is 13.2. The van der Waals surface area contributed by atoms with Crippen LogP contribution in [0.15, 0.2) is 33.9 Å². The molecular weight excluding hydrogens is 384 g/mol. The van der Waals surface area contributed by atoms with Crippen molar-refractivity contribution in [2.75, 3.05) is 6.61 Å². The van der Waals surface area contributed by atoms with Gasteiger partial charge in [0.1, 0.15) is 11.2 Å². The second-order valence-electron chi connectivity index (χ2n) is 9.59. The lowest BCUT2D eigenvalue weighted by Crippen LogP contribution is -2.26. The van der Waals surface area contributed by atoms with Crippen molar-refractivity contribution in [3.05, 3.63) is 33.9 Å². The third-order valence-electron chi connectivity index (χ3n) is 4.68. The molecule has 2 aliphatic rings. The summed E-state index contributed by atoms with van der Waals surface area (Å²) in [6.07, 6.45) is 4.29. The Hall–Kier alpha value is -2.37. The van der Waals surface area contributed by atoms with Gasteiger partial charge in [-0.2, -0.15) is 0 Å². The lowest BCUT2D eigenvalue weighted by molar-refractivity contribution is -0.151. The van der Waals surface area contributed by atoms with E-state index in [1.807, 2.05) is 20.8 Å². The minimum Gasteiger partial charge on any atom is -0.463 e. The molecular formula is C24H34O6. The highest BCUT2D eigenvalue weighted by Crippen LogP contribution is 2.43. The largest absolute Gasteiger partial charge is 0.463 e. The van der Waals surface area contributed by atoms with Gasteiger partial charge in [0, 0.05) is 11.6 Å². The highest BCUT2D eigenvalue weighted by Gasteiger charge is 2.35. The lowest BCUT2D eigenvalue weighted by Gasteiger charge is -2.22. The summed E-state index contributed by atoms with van der Waals surface area (Å²) >= 11 is 0. The van der Waals surface area contributed by atoms with Crippen molar-refractivity contribution < 1.29 is 28.6 Å². The molecule has 0 saturated heterocycles.